The molecule has 0 saturated carbocycles. The van der Waals surface area contributed by atoms with Gasteiger partial charge in [0.1, 0.15) is 0 Å². The number of oxime groups is 1. The molecule has 0 bridgehead atoms. The molecule has 0 radical (unpaired) electrons. The minimum absolute atomic E-state index is 0.0928. The molecule has 0 amide bonds. The SMILES string of the molecule is CC(C)COCCOCc1ccccc1/C(N)=N/O. The van der Waals surface area contributed by atoms with Crippen molar-refractivity contribution in [1.29, 1.82) is 0 Å². The summed E-state index contributed by atoms with van der Waals surface area (Å²) in [5, 5.41) is 11.7. The van der Waals surface area contributed by atoms with Crippen LogP contribution >= 0.6 is 0 Å². The lowest BCUT2D eigenvalue weighted by Gasteiger charge is -2.10. The summed E-state index contributed by atoms with van der Waals surface area (Å²) in [7, 11) is 0. The Hall–Kier alpha value is -1.59. The van der Waals surface area contributed by atoms with E-state index in [0.29, 0.717) is 31.3 Å². The predicted molar refractivity (Wildman–Crippen MR) is 74.3 cm³/mol. The van der Waals surface area contributed by atoms with Gasteiger partial charge < -0.3 is 20.4 Å². The van der Waals surface area contributed by atoms with E-state index in [1.165, 1.54) is 0 Å². The Morgan fingerprint density at radius 3 is 2.63 bits per heavy atom. The van der Waals surface area contributed by atoms with Gasteiger partial charge >= 0.3 is 0 Å². The lowest BCUT2D eigenvalue weighted by molar-refractivity contribution is 0.0314. The minimum Gasteiger partial charge on any atom is -0.409 e. The standard InChI is InChI=1S/C14H22N2O3/c1-11(2)9-18-7-8-19-10-12-5-3-4-6-13(12)14(15)16-17/h3-6,11,17H,7-10H2,1-2H3,(H2,15,16). The fourth-order valence-corrected chi connectivity index (χ4v) is 1.57. The van der Waals surface area contributed by atoms with Crippen LogP contribution in [0.15, 0.2) is 29.4 Å². The first-order valence-corrected chi connectivity index (χ1v) is 6.36. The van der Waals surface area contributed by atoms with E-state index in [4.69, 9.17) is 20.4 Å². The highest BCUT2D eigenvalue weighted by molar-refractivity contribution is 5.98. The van der Waals surface area contributed by atoms with E-state index in [2.05, 4.69) is 19.0 Å². The van der Waals surface area contributed by atoms with Crippen LogP contribution in [-0.2, 0) is 16.1 Å². The van der Waals surface area contributed by atoms with Crippen LogP contribution in [0.5, 0.6) is 0 Å². The summed E-state index contributed by atoms with van der Waals surface area (Å²) in [6, 6.07) is 7.41. The molecule has 0 aromatic heterocycles. The molecule has 5 heteroatoms. The molecule has 0 heterocycles. The van der Waals surface area contributed by atoms with Crippen molar-refractivity contribution in [2.45, 2.75) is 20.5 Å². The number of nitrogens with zero attached hydrogens (tertiary/aromatic N) is 1. The number of ether oxygens (including phenoxy) is 2. The fraction of sp³-hybridized carbons (Fsp3) is 0.500. The van der Waals surface area contributed by atoms with Crippen molar-refractivity contribution in [3.8, 4) is 0 Å². The number of hydrogen-bond donors (Lipinski definition) is 2. The molecule has 1 aromatic rings. The third-order valence-corrected chi connectivity index (χ3v) is 2.48. The van der Waals surface area contributed by atoms with E-state index in [0.717, 1.165) is 12.2 Å². The molecule has 1 rings (SSSR count). The molecule has 106 valence electrons. The number of hydrogen-bond acceptors (Lipinski definition) is 4. The van der Waals surface area contributed by atoms with Gasteiger partial charge in [0, 0.05) is 12.2 Å². The third kappa shape index (κ3) is 5.72. The molecular weight excluding hydrogens is 244 g/mol. The van der Waals surface area contributed by atoms with Crippen LogP contribution in [0, 0.1) is 5.92 Å². The molecule has 1 aromatic carbocycles. The van der Waals surface area contributed by atoms with Gasteiger partial charge in [0.25, 0.3) is 0 Å². The molecular formula is C14H22N2O3. The van der Waals surface area contributed by atoms with E-state index in [-0.39, 0.29) is 5.84 Å². The second kappa shape index (κ2) is 8.50. The van der Waals surface area contributed by atoms with Crippen molar-refractivity contribution < 1.29 is 14.7 Å². The topological polar surface area (TPSA) is 77.1 Å². The van der Waals surface area contributed by atoms with E-state index in [1.807, 2.05) is 18.2 Å². The van der Waals surface area contributed by atoms with Gasteiger partial charge in [-0.3, -0.25) is 0 Å². The quantitative estimate of drug-likeness (QED) is 0.248. The van der Waals surface area contributed by atoms with E-state index in [9.17, 15) is 0 Å². The zero-order chi connectivity index (χ0) is 14.1. The van der Waals surface area contributed by atoms with E-state index >= 15 is 0 Å². The second-order valence-corrected chi connectivity index (χ2v) is 4.66. The van der Waals surface area contributed by atoms with Gasteiger partial charge in [-0.05, 0) is 11.5 Å². The maximum Gasteiger partial charge on any atom is 0.170 e. The average molecular weight is 266 g/mol. The predicted octanol–water partition coefficient (Wildman–Crippen LogP) is 1.97. The first kappa shape index (κ1) is 15.5. The lowest BCUT2D eigenvalue weighted by atomic mass is 10.1. The summed E-state index contributed by atoms with van der Waals surface area (Å²) in [4.78, 5) is 0. The molecule has 3 N–H and O–H groups in total. The lowest BCUT2D eigenvalue weighted by Crippen LogP contribution is -2.16. The highest BCUT2D eigenvalue weighted by Crippen LogP contribution is 2.09. The summed E-state index contributed by atoms with van der Waals surface area (Å²) in [6.45, 7) is 6.46. The Morgan fingerprint density at radius 2 is 1.95 bits per heavy atom. The first-order valence-electron chi connectivity index (χ1n) is 6.36. The van der Waals surface area contributed by atoms with Crippen molar-refractivity contribution in [3.63, 3.8) is 0 Å². The molecule has 0 saturated heterocycles. The largest absolute Gasteiger partial charge is 0.409 e. The molecule has 0 atom stereocenters. The molecule has 0 spiro atoms. The monoisotopic (exact) mass is 266 g/mol. The van der Waals surface area contributed by atoms with Gasteiger partial charge in [-0.1, -0.05) is 43.3 Å². The van der Waals surface area contributed by atoms with Gasteiger partial charge in [-0.2, -0.15) is 0 Å². The summed E-state index contributed by atoms with van der Waals surface area (Å²) in [5.41, 5.74) is 7.18. The Kier molecular flexibility index (Phi) is 6.92. The second-order valence-electron chi connectivity index (χ2n) is 4.66. The third-order valence-electron chi connectivity index (χ3n) is 2.48. The van der Waals surface area contributed by atoms with Gasteiger partial charge in [0.2, 0.25) is 0 Å². The maximum atomic E-state index is 8.71. The Morgan fingerprint density at radius 1 is 1.26 bits per heavy atom. The number of nitrogens with two attached hydrogens (primary N) is 1. The Bertz CT molecular complexity index is 405. The van der Waals surface area contributed by atoms with Crippen molar-refractivity contribution >= 4 is 5.84 Å². The van der Waals surface area contributed by atoms with Gasteiger partial charge in [-0.25, -0.2) is 0 Å². The van der Waals surface area contributed by atoms with Gasteiger partial charge in [0.05, 0.1) is 19.8 Å². The highest BCUT2D eigenvalue weighted by Gasteiger charge is 2.06. The number of rotatable bonds is 8. The number of amidine groups is 1. The Balaban J connectivity index is 2.37. The van der Waals surface area contributed by atoms with Crippen molar-refractivity contribution in [2.75, 3.05) is 19.8 Å². The Labute approximate surface area is 114 Å². The van der Waals surface area contributed by atoms with Crippen molar-refractivity contribution in [2.24, 2.45) is 16.8 Å². The van der Waals surface area contributed by atoms with E-state index in [1.54, 1.807) is 6.07 Å². The van der Waals surface area contributed by atoms with Gasteiger partial charge in [-0.15, -0.1) is 0 Å². The normalized spacial score (nSPS) is 12.1. The summed E-state index contributed by atoms with van der Waals surface area (Å²) in [5.74, 6) is 0.622. The summed E-state index contributed by atoms with van der Waals surface area (Å²) >= 11 is 0. The van der Waals surface area contributed by atoms with Gasteiger partial charge in [0.15, 0.2) is 5.84 Å². The average Bonchev–Trinajstić information content (AvgIpc) is 2.42. The molecule has 0 aliphatic rings. The highest BCUT2D eigenvalue weighted by atomic mass is 16.5. The van der Waals surface area contributed by atoms with Crippen LogP contribution in [0.1, 0.15) is 25.0 Å². The van der Waals surface area contributed by atoms with Crippen LogP contribution in [0.3, 0.4) is 0 Å². The molecule has 0 unspecified atom stereocenters. The summed E-state index contributed by atoms with van der Waals surface area (Å²) in [6.07, 6.45) is 0. The molecule has 0 aliphatic carbocycles. The summed E-state index contributed by atoms with van der Waals surface area (Å²) < 4.78 is 10.9. The fourth-order valence-electron chi connectivity index (χ4n) is 1.57. The molecule has 19 heavy (non-hydrogen) atoms. The van der Waals surface area contributed by atoms with E-state index < -0.39 is 0 Å². The van der Waals surface area contributed by atoms with Crippen LogP contribution in [-0.4, -0.2) is 30.9 Å². The minimum atomic E-state index is 0.0928. The van der Waals surface area contributed by atoms with Crippen LogP contribution in [0.2, 0.25) is 0 Å². The zero-order valence-electron chi connectivity index (χ0n) is 11.5. The first-order chi connectivity index (χ1) is 9.15. The zero-order valence-corrected chi connectivity index (χ0v) is 11.5. The van der Waals surface area contributed by atoms with Crippen LogP contribution < -0.4 is 5.73 Å². The molecule has 0 fully saturated rings. The van der Waals surface area contributed by atoms with Crippen LogP contribution in [0.4, 0.5) is 0 Å². The van der Waals surface area contributed by atoms with Crippen LogP contribution in [0.25, 0.3) is 0 Å². The van der Waals surface area contributed by atoms with Crippen molar-refractivity contribution in [3.05, 3.63) is 35.4 Å². The molecule has 0 aliphatic heterocycles. The molecule has 5 nitrogen and oxygen atoms in total. The van der Waals surface area contributed by atoms with Crippen molar-refractivity contribution in [1.82, 2.24) is 0 Å². The smallest absolute Gasteiger partial charge is 0.170 e. The number of benzene rings is 1. The maximum absolute atomic E-state index is 8.71.